The van der Waals surface area contributed by atoms with E-state index < -0.39 is 6.36 Å². The molecule has 0 radical (unpaired) electrons. The largest absolute Gasteiger partial charge is 0.573 e. The second kappa shape index (κ2) is 7.93. The zero-order valence-corrected chi connectivity index (χ0v) is 13.8. The normalized spacial score (nSPS) is 11.2. The van der Waals surface area contributed by atoms with Crippen molar-refractivity contribution in [2.75, 3.05) is 5.43 Å². The van der Waals surface area contributed by atoms with Gasteiger partial charge in [-0.05, 0) is 41.0 Å². The maximum atomic E-state index is 12.3. The second-order valence-corrected chi connectivity index (χ2v) is 5.57. The van der Waals surface area contributed by atoms with Crippen molar-refractivity contribution in [1.82, 2.24) is 5.43 Å². The van der Waals surface area contributed by atoms with Crippen LogP contribution in [0.3, 0.4) is 0 Å². The lowest BCUT2D eigenvalue weighted by Crippen LogP contribution is -2.21. The third kappa shape index (κ3) is 5.00. The highest BCUT2D eigenvalue weighted by Crippen LogP contribution is 2.28. The van der Waals surface area contributed by atoms with E-state index in [1.807, 2.05) is 54.6 Å². The molecule has 26 heavy (non-hydrogen) atoms. The van der Waals surface area contributed by atoms with Crippen LogP contribution in [0, 0.1) is 0 Å². The average Bonchev–Trinajstić information content (AvgIpc) is 2.63. The van der Waals surface area contributed by atoms with E-state index in [9.17, 15) is 13.2 Å². The molecule has 0 saturated heterocycles. The number of halogens is 3. The Kier molecular flexibility index (Phi) is 5.43. The molecule has 3 aromatic carbocycles. The van der Waals surface area contributed by atoms with Crippen LogP contribution < -0.4 is 15.6 Å². The minimum atomic E-state index is -4.69. The molecular formula is C20H17F3N2O. The Morgan fingerprint density at radius 2 is 1.42 bits per heavy atom. The molecule has 0 aliphatic heterocycles. The molecule has 0 aromatic heterocycles. The first-order chi connectivity index (χ1) is 12.5. The van der Waals surface area contributed by atoms with Crippen molar-refractivity contribution < 1.29 is 17.9 Å². The molecule has 0 heterocycles. The summed E-state index contributed by atoms with van der Waals surface area (Å²) in [6.07, 6.45) is -4.69. The number of alkyl halides is 3. The molecule has 0 aliphatic carbocycles. The molecule has 3 aromatic rings. The standard InChI is InChI=1S/C20H17F3N2O/c21-20(22,23)26-18-12-10-15(11-13-18)19-9-5-4-6-16(19)14-24-25-17-7-2-1-3-8-17/h1-13,24-25H,14H2. The van der Waals surface area contributed by atoms with Crippen molar-refractivity contribution in [3.8, 4) is 16.9 Å². The zero-order chi connectivity index (χ0) is 18.4. The quantitative estimate of drug-likeness (QED) is 0.581. The van der Waals surface area contributed by atoms with Gasteiger partial charge in [-0.1, -0.05) is 54.6 Å². The fourth-order valence-corrected chi connectivity index (χ4v) is 2.56. The van der Waals surface area contributed by atoms with Gasteiger partial charge in [-0.25, -0.2) is 5.43 Å². The molecule has 2 N–H and O–H groups in total. The highest BCUT2D eigenvalue weighted by Gasteiger charge is 2.30. The van der Waals surface area contributed by atoms with Crippen LogP contribution in [0.2, 0.25) is 0 Å². The Balaban J connectivity index is 1.70. The molecule has 0 saturated carbocycles. The predicted octanol–water partition coefficient (Wildman–Crippen LogP) is 5.37. The minimum absolute atomic E-state index is 0.234. The van der Waals surface area contributed by atoms with E-state index in [0.29, 0.717) is 6.54 Å². The maximum Gasteiger partial charge on any atom is 0.573 e. The van der Waals surface area contributed by atoms with E-state index in [4.69, 9.17) is 0 Å². The smallest absolute Gasteiger partial charge is 0.406 e. The van der Waals surface area contributed by atoms with Crippen LogP contribution in [-0.2, 0) is 6.54 Å². The van der Waals surface area contributed by atoms with E-state index in [-0.39, 0.29) is 5.75 Å². The van der Waals surface area contributed by atoms with Gasteiger partial charge < -0.3 is 10.2 Å². The molecule has 6 heteroatoms. The van der Waals surface area contributed by atoms with Gasteiger partial charge in [0.1, 0.15) is 5.75 Å². The Labute approximate surface area is 149 Å². The number of hydrogen-bond acceptors (Lipinski definition) is 3. The van der Waals surface area contributed by atoms with Crippen molar-refractivity contribution in [3.05, 3.63) is 84.4 Å². The Morgan fingerprint density at radius 3 is 2.12 bits per heavy atom. The first-order valence-corrected chi connectivity index (χ1v) is 7.99. The molecule has 0 amide bonds. The third-order valence-corrected chi connectivity index (χ3v) is 3.70. The summed E-state index contributed by atoms with van der Waals surface area (Å²) in [5, 5.41) is 0. The first-order valence-electron chi connectivity index (χ1n) is 7.99. The molecule has 0 unspecified atom stereocenters. The van der Waals surface area contributed by atoms with Crippen molar-refractivity contribution in [2.45, 2.75) is 12.9 Å². The van der Waals surface area contributed by atoms with Gasteiger partial charge in [0.25, 0.3) is 0 Å². The van der Waals surface area contributed by atoms with Crippen molar-refractivity contribution in [2.24, 2.45) is 0 Å². The highest BCUT2D eigenvalue weighted by molar-refractivity contribution is 5.68. The van der Waals surface area contributed by atoms with Crippen LogP contribution in [-0.4, -0.2) is 6.36 Å². The average molecular weight is 358 g/mol. The van der Waals surface area contributed by atoms with Crippen molar-refractivity contribution in [3.63, 3.8) is 0 Å². The summed E-state index contributed by atoms with van der Waals surface area (Å²) in [6.45, 7) is 0.547. The van der Waals surface area contributed by atoms with Crippen LogP contribution in [0.25, 0.3) is 11.1 Å². The van der Waals surface area contributed by atoms with Crippen LogP contribution in [0.1, 0.15) is 5.56 Å². The van der Waals surface area contributed by atoms with E-state index in [1.165, 1.54) is 12.1 Å². The Morgan fingerprint density at radius 1 is 0.769 bits per heavy atom. The SMILES string of the molecule is FC(F)(F)Oc1ccc(-c2ccccc2CNNc2ccccc2)cc1. The lowest BCUT2D eigenvalue weighted by Gasteiger charge is -2.13. The number of rotatable bonds is 6. The molecule has 3 rings (SSSR count). The fourth-order valence-electron chi connectivity index (χ4n) is 2.56. The number of ether oxygens (including phenoxy) is 1. The summed E-state index contributed by atoms with van der Waals surface area (Å²) in [6, 6.07) is 23.3. The van der Waals surface area contributed by atoms with Crippen molar-refractivity contribution in [1.29, 1.82) is 0 Å². The molecule has 0 spiro atoms. The van der Waals surface area contributed by atoms with Gasteiger partial charge in [-0.15, -0.1) is 13.2 Å². The molecule has 0 fully saturated rings. The Hall–Kier alpha value is -2.99. The van der Waals surface area contributed by atoms with Gasteiger partial charge in [0.05, 0.1) is 0 Å². The van der Waals surface area contributed by atoms with E-state index in [1.54, 1.807) is 12.1 Å². The third-order valence-electron chi connectivity index (χ3n) is 3.70. The van der Waals surface area contributed by atoms with E-state index >= 15 is 0 Å². The molecule has 0 aliphatic rings. The van der Waals surface area contributed by atoms with Gasteiger partial charge in [-0.3, -0.25) is 0 Å². The number of hydrazine groups is 1. The summed E-state index contributed by atoms with van der Waals surface area (Å²) in [5.41, 5.74) is 9.97. The maximum absolute atomic E-state index is 12.3. The lowest BCUT2D eigenvalue weighted by molar-refractivity contribution is -0.274. The lowest BCUT2D eigenvalue weighted by atomic mass is 10.00. The van der Waals surface area contributed by atoms with Crippen molar-refractivity contribution >= 4 is 5.69 Å². The summed E-state index contributed by atoms with van der Waals surface area (Å²) in [7, 11) is 0. The van der Waals surface area contributed by atoms with Gasteiger partial charge in [-0.2, -0.15) is 0 Å². The van der Waals surface area contributed by atoms with Gasteiger partial charge in [0, 0.05) is 12.2 Å². The summed E-state index contributed by atoms with van der Waals surface area (Å²) < 4.78 is 40.7. The summed E-state index contributed by atoms with van der Waals surface area (Å²) >= 11 is 0. The van der Waals surface area contributed by atoms with Gasteiger partial charge in [0.2, 0.25) is 0 Å². The van der Waals surface area contributed by atoms with E-state index in [2.05, 4.69) is 15.6 Å². The number of nitrogens with one attached hydrogen (secondary N) is 2. The molecule has 0 atom stereocenters. The number of benzene rings is 3. The second-order valence-electron chi connectivity index (χ2n) is 5.57. The van der Waals surface area contributed by atoms with Gasteiger partial charge in [0.15, 0.2) is 0 Å². The van der Waals surface area contributed by atoms with Crippen LogP contribution in [0.15, 0.2) is 78.9 Å². The molecule has 0 bridgehead atoms. The molecular weight excluding hydrogens is 341 g/mol. The Bertz CT molecular complexity index is 834. The topological polar surface area (TPSA) is 33.3 Å². The summed E-state index contributed by atoms with van der Waals surface area (Å²) in [4.78, 5) is 0. The number of anilines is 1. The van der Waals surface area contributed by atoms with Gasteiger partial charge >= 0.3 is 6.36 Å². The highest BCUT2D eigenvalue weighted by atomic mass is 19.4. The van der Waals surface area contributed by atoms with Crippen LogP contribution in [0.5, 0.6) is 5.75 Å². The molecule has 134 valence electrons. The number of para-hydroxylation sites is 1. The summed E-state index contributed by atoms with van der Waals surface area (Å²) in [5.74, 6) is -0.234. The monoisotopic (exact) mass is 358 g/mol. The fraction of sp³-hybridized carbons (Fsp3) is 0.100. The minimum Gasteiger partial charge on any atom is -0.406 e. The van der Waals surface area contributed by atoms with Crippen LogP contribution >= 0.6 is 0 Å². The molecule has 3 nitrogen and oxygen atoms in total. The number of hydrogen-bond donors (Lipinski definition) is 2. The first kappa shape index (κ1) is 17.8. The predicted molar refractivity (Wildman–Crippen MR) is 95.5 cm³/mol. The zero-order valence-electron chi connectivity index (χ0n) is 13.8. The van der Waals surface area contributed by atoms with Crippen LogP contribution in [0.4, 0.5) is 18.9 Å². The van der Waals surface area contributed by atoms with E-state index in [0.717, 1.165) is 22.4 Å².